The molecule has 0 radical (unpaired) electrons. The Morgan fingerprint density at radius 2 is 2.10 bits per heavy atom. The van der Waals surface area contributed by atoms with Gasteiger partial charge in [0, 0.05) is 6.42 Å². The molecule has 0 atom stereocenters. The standard InChI is InChI=1S/C14H15ClN2O3/c15-10-7-11-13(8-12(10)17(18)19)20-14(16-11)6-9-4-2-1-3-5-9/h7-9H,1-6H2. The third kappa shape index (κ3) is 2.63. The van der Waals surface area contributed by atoms with Gasteiger partial charge in [0.2, 0.25) is 0 Å². The largest absolute Gasteiger partial charge is 0.440 e. The first-order valence-corrected chi connectivity index (χ1v) is 7.24. The fraction of sp³-hybridized carbons (Fsp3) is 0.500. The molecule has 0 saturated heterocycles. The molecule has 0 unspecified atom stereocenters. The Labute approximate surface area is 121 Å². The van der Waals surface area contributed by atoms with Crippen LogP contribution in [-0.4, -0.2) is 9.91 Å². The predicted octanol–water partition coefficient (Wildman–Crippen LogP) is 4.51. The van der Waals surface area contributed by atoms with Crippen molar-refractivity contribution in [2.24, 2.45) is 5.92 Å². The van der Waals surface area contributed by atoms with Crippen LogP contribution in [0, 0.1) is 16.0 Å². The Morgan fingerprint density at radius 1 is 1.35 bits per heavy atom. The fourth-order valence-corrected chi connectivity index (χ4v) is 3.08. The van der Waals surface area contributed by atoms with Gasteiger partial charge >= 0.3 is 0 Å². The molecule has 1 aliphatic carbocycles. The number of hydrogen-bond donors (Lipinski definition) is 0. The van der Waals surface area contributed by atoms with Gasteiger partial charge in [-0.2, -0.15) is 0 Å². The highest BCUT2D eigenvalue weighted by atomic mass is 35.5. The third-order valence-electron chi connectivity index (χ3n) is 3.89. The zero-order valence-electron chi connectivity index (χ0n) is 11.0. The van der Waals surface area contributed by atoms with Crippen LogP contribution >= 0.6 is 11.6 Å². The van der Waals surface area contributed by atoms with Crippen LogP contribution in [0.15, 0.2) is 16.5 Å². The van der Waals surface area contributed by atoms with Gasteiger partial charge in [-0.15, -0.1) is 0 Å². The van der Waals surface area contributed by atoms with Crippen LogP contribution in [0.2, 0.25) is 5.02 Å². The Hall–Kier alpha value is -1.62. The lowest BCUT2D eigenvalue weighted by Crippen LogP contribution is -2.09. The molecule has 5 nitrogen and oxygen atoms in total. The minimum absolute atomic E-state index is 0.0972. The second-order valence-electron chi connectivity index (χ2n) is 5.34. The van der Waals surface area contributed by atoms with E-state index in [-0.39, 0.29) is 10.7 Å². The molecule has 1 fully saturated rings. The summed E-state index contributed by atoms with van der Waals surface area (Å²) in [4.78, 5) is 14.7. The van der Waals surface area contributed by atoms with Crippen LogP contribution in [0.4, 0.5) is 5.69 Å². The van der Waals surface area contributed by atoms with Gasteiger partial charge in [0.15, 0.2) is 11.5 Å². The second-order valence-corrected chi connectivity index (χ2v) is 5.75. The molecule has 1 saturated carbocycles. The number of rotatable bonds is 3. The summed E-state index contributed by atoms with van der Waals surface area (Å²) in [5, 5.41) is 10.9. The SMILES string of the molecule is O=[N+]([O-])c1cc2oc(CC3CCCCC3)nc2cc1Cl. The van der Waals surface area contributed by atoms with E-state index in [4.69, 9.17) is 16.0 Å². The van der Waals surface area contributed by atoms with Crippen molar-refractivity contribution in [3.8, 4) is 0 Å². The highest BCUT2D eigenvalue weighted by Gasteiger charge is 2.20. The van der Waals surface area contributed by atoms with Crippen LogP contribution in [0.25, 0.3) is 11.1 Å². The smallest absolute Gasteiger partial charge is 0.291 e. The van der Waals surface area contributed by atoms with Crippen molar-refractivity contribution in [2.75, 3.05) is 0 Å². The highest BCUT2D eigenvalue weighted by Crippen LogP contribution is 2.32. The van der Waals surface area contributed by atoms with Gasteiger partial charge in [-0.05, 0) is 24.8 Å². The minimum Gasteiger partial charge on any atom is -0.440 e. The van der Waals surface area contributed by atoms with Crippen LogP contribution in [0.1, 0.15) is 38.0 Å². The molecular weight excluding hydrogens is 280 g/mol. The summed E-state index contributed by atoms with van der Waals surface area (Å²) < 4.78 is 5.64. The van der Waals surface area contributed by atoms with Crippen molar-refractivity contribution in [1.82, 2.24) is 4.98 Å². The Morgan fingerprint density at radius 3 is 2.80 bits per heavy atom. The number of fused-ring (bicyclic) bond motifs is 1. The van der Waals surface area contributed by atoms with E-state index in [2.05, 4.69) is 4.98 Å². The molecule has 1 aliphatic rings. The minimum atomic E-state index is -0.509. The normalized spacial score (nSPS) is 16.6. The first kappa shape index (κ1) is 13.4. The molecule has 2 aromatic rings. The van der Waals surface area contributed by atoms with Gasteiger partial charge in [-0.1, -0.05) is 30.9 Å². The van der Waals surface area contributed by atoms with Crippen LogP contribution < -0.4 is 0 Å². The number of nitro groups is 1. The summed E-state index contributed by atoms with van der Waals surface area (Å²) >= 11 is 5.88. The number of hydrogen-bond acceptors (Lipinski definition) is 4. The maximum atomic E-state index is 10.8. The van der Waals surface area contributed by atoms with Gasteiger partial charge < -0.3 is 4.42 Å². The average Bonchev–Trinajstić information content (AvgIpc) is 2.79. The summed E-state index contributed by atoms with van der Waals surface area (Å²) in [6.45, 7) is 0. The Kier molecular flexibility index (Phi) is 3.61. The quantitative estimate of drug-likeness (QED) is 0.617. The van der Waals surface area contributed by atoms with E-state index in [1.54, 1.807) is 0 Å². The molecule has 0 spiro atoms. The summed E-state index contributed by atoms with van der Waals surface area (Å²) in [5.74, 6) is 1.27. The number of nitrogens with zero attached hydrogens (tertiary/aromatic N) is 2. The van der Waals surface area contributed by atoms with E-state index in [0.29, 0.717) is 22.9 Å². The van der Waals surface area contributed by atoms with Crippen molar-refractivity contribution < 1.29 is 9.34 Å². The molecule has 0 amide bonds. The van der Waals surface area contributed by atoms with E-state index >= 15 is 0 Å². The first-order valence-electron chi connectivity index (χ1n) is 6.87. The molecule has 106 valence electrons. The summed E-state index contributed by atoms with van der Waals surface area (Å²) in [6, 6.07) is 2.86. The molecule has 0 aliphatic heterocycles. The summed E-state index contributed by atoms with van der Waals surface area (Å²) in [7, 11) is 0. The van der Waals surface area contributed by atoms with Crippen molar-refractivity contribution in [3.05, 3.63) is 33.2 Å². The van der Waals surface area contributed by atoms with Crippen molar-refractivity contribution in [3.63, 3.8) is 0 Å². The number of nitro benzene ring substituents is 1. The van der Waals surface area contributed by atoms with E-state index in [1.165, 1.54) is 44.2 Å². The van der Waals surface area contributed by atoms with Crippen molar-refractivity contribution >= 4 is 28.4 Å². The van der Waals surface area contributed by atoms with E-state index in [0.717, 1.165) is 6.42 Å². The van der Waals surface area contributed by atoms with Gasteiger partial charge in [-0.3, -0.25) is 10.1 Å². The lowest BCUT2D eigenvalue weighted by atomic mass is 9.87. The molecule has 1 heterocycles. The molecule has 1 aromatic heterocycles. The molecule has 20 heavy (non-hydrogen) atoms. The summed E-state index contributed by atoms with van der Waals surface area (Å²) in [6.07, 6.45) is 7.07. The lowest BCUT2D eigenvalue weighted by Gasteiger charge is -2.19. The molecule has 0 N–H and O–H groups in total. The predicted molar refractivity (Wildman–Crippen MR) is 76.0 cm³/mol. The van der Waals surface area contributed by atoms with Gasteiger partial charge in [0.1, 0.15) is 10.5 Å². The van der Waals surface area contributed by atoms with Gasteiger partial charge in [0.25, 0.3) is 5.69 Å². The molecule has 1 aromatic carbocycles. The fourth-order valence-electron chi connectivity index (χ4n) is 2.85. The maximum absolute atomic E-state index is 10.8. The highest BCUT2D eigenvalue weighted by molar-refractivity contribution is 6.33. The zero-order valence-corrected chi connectivity index (χ0v) is 11.7. The molecule has 3 rings (SSSR count). The number of oxazole rings is 1. The number of halogens is 1. The first-order chi connectivity index (χ1) is 9.63. The number of aromatic nitrogens is 1. The zero-order chi connectivity index (χ0) is 14.1. The molecular formula is C14H15ClN2O3. The van der Waals surface area contributed by atoms with Gasteiger partial charge in [0.05, 0.1) is 11.0 Å². The van der Waals surface area contributed by atoms with Crippen LogP contribution in [-0.2, 0) is 6.42 Å². The molecule has 6 heteroatoms. The van der Waals surface area contributed by atoms with E-state index < -0.39 is 4.92 Å². The van der Waals surface area contributed by atoms with Crippen molar-refractivity contribution in [1.29, 1.82) is 0 Å². The maximum Gasteiger partial charge on any atom is 0.291 e. The van der Waals surface area contributed by atoms with E-state index in [9.17, 15) is 10.1 Å². The van der Waals surface area contributed by atoms with Crippen LogP contribution in [0.3, 0.4) is 0 Å². The average molecular weight is 295 g/mol. The third-order valence-corrected chi connectivity index (χ3v) is 4.19. The number of benzene rings is 1. The topological polar surface area (TPSA) is 69.2 Å². The second kappa shape index (κ2) is 5.40. The lowest BCUT2D eigenvalue weighted by molar-refractivity contribution is -0.384. The molecule has 0 bridgehead atoms. The van der Waals surface area contributed by atoms with Crippen molar-refractivity contribution in [2.45, 2.75) is 38.5 Å². The summed E-state index contributed by atoms with van der Waals surface area (Å²) in [5.41, 5.74) is 0.887. The van der Waals surface area contributed by atoms with Gasteiger partial charge in [-0.25, -0.2) is 4.98 Å². The monoisotopic (exact) mass is 294 g/mol. The van der Waals surface area contributed by atoms with Crippen LogP contribution in [0.5, 0.6) is 0 Å². The Balaban J connectivity index is 1.88. The Bertz CT molecular complexity index is 647. The van der Waals surface area contributed by atoms with E-state index in [1.807, 2.05) is 0 Å².